The van der Waals surface area contributed by atoms with Gasteiger partial charge in [-0.3, -0.25) is 9.59 Å². The molecule has 0 aliphatic rings. The normalized spacial score (nSPS) is 11.4. The largest absolute Gasteiger partial charge is 0.356 e. The molecule has 134 valence electrons. The van der Waals surface area contributed by atoms with Gasteiger partial charge in [0, 0.05) is 36.8 Å². The van der Waals surface area contributed by atoms with Crippen LogP contribution in [0.3, 0.4) is 0 Å². The van der Waals surface area contributed by atoms with Crippen LogP contribution in [0.2, 0.25) is 0 Å². The number of amides is 1. The van der Waals surface area contributed by atoms with Crippen molar-refractivity contribution >= 4 is 23.0 Å². The quantitative estimate of drug-likeness (QED) is 0.759. The number of Topliss-reactive ketones (excluding diaryl/α,β-unsaturated/α-hetero) is 1. The molecule has 2 aromatic rings. The summed E-state index contributed by atoms with van der Waals surface area (Å²) in [5, 5.41) is 5.89. The second kappa shape index (κ2) is 8.39. The molecule has 1 heterocycles. The van der Waals surface area contributed by atoms with Crippen LogP contribution in [0.5, 0.6) is 0 Å². The highest BCUT2D eigenvalue weighted by Crippen LogP contribution is 2.22. The van der Waals surface area contributed by atoms with Crippen LogP contribution in [0.15, 0.2) is 29.6 Å². The van der Waals surface area contributed by atoms with Crippen LogP contribution >= 0.6 is 11.3 Å². The van der Waals surface area contributed by atoms with Crippen molar-refractivity contribution in [2.45, 2.75) is 52.4 Å². The van der Waals surface area contributed by atoms with Crippen molar-refractivity contribution < 1.29 is 9.59 Å². The van der Waals surface area contributed by atoms with E-state index < -0.39 is 0 Å². The van der Waals surface area contributed by atoms with Gasteiger partial charge >= 0.3 is 0 Å². The molecule has 0 aliphatic heterocycles. The fourth-order valence-electron chi connectivity index (χ4n) is 2.47. The Balaban J connectivity index is 1.74. The molecule has 1 amide bonds. The summed E-state index contributed by atoms with van der Waals surface area (Å²) in [5.74, 6) is -0.0858. The van der Waals surface area contributed by atoms with E-state index in [1.54, 1.807) is 11.3 Å². The summed E-state index contributed by atoms with van der Waals surface area (Å²) in [5.41, 5.74) is 2.92. The summed E-state index contributed by atoms with van der Waals surface area (Å²) >= 11 is 1.61. The molecule has 5 heteroatoms. The lowest BCUT2D eigenvalue weighted by Crippen LogP contribution is -2.26. The molecule has 0 bridgehead atoms. The molecule has 0 spiro atoms. The van der Waals surface area contributed by atoms with Crippen molar-refractivity contribution in [3.05, 3.63) is 51.5 Å². The minimum atomic E-state index is -0.0911. The number of aryl methyl sites for hydroxylation is 1. The summed E-state index contributed by atoms with van der Waals surface area (Å²) in [4.78, 5) is 28.5. The second-order valence-corrected chi connectivity index (χ2v) is 8.27. The predicted molar refractivity (Wildman–Crippen MR) is 102 cm³/mol. The maximum atomic E-state index is 12.2. The van der Waals surface area contributed by atoms with E-state index in [1.807, 2.05) is 36.6 Å². The smallest absolute Gasteiger partial charge is 0.220 e. The van der Waals surface area contributed by atoms with Crippen molar-refractivity contribution in [2.75, 3.05) is 6.54 Å². The SMILES string of the molecule is Cc1nc(CCNC(=O)CCC(=O)c2ccc(C(C)(C)C)cc2)cs1. The van der Waals surface area contributed by atoms with E-state index in [0.29, 0.717) is 12.1 Å². The molecular formula is C20H26N2O2S. The van der Waals surface area contributed by atoms with Crippen LogP contribution in [0.1, 0.15) is 60.2 Å². The van der Waals surface area contributed by atoms with Crippen molar-refractivity contribution in [3.8, 4) is 0 Å². The van der Waals surface area contributed by atoms with E-state index in [1.165, 1.54) is 5.56 Å². The van der Waals surface area contributed by atoms with Crippen LogP contribution in [-0.2, 0) is 16.6 Å². The Kier molecular flexibility index (Phi) is 6.48. The molecule has 0 unspecified atom stereocenters. The van der Waals surface area contributed by atoms with E-state index in [4.69, 9.17) is 0 Å². The van der Waals surface area contributed by atoms with Gasteiger partial charge in [-0.1, -0.05) is 45.0 Å². The lowest BCUT2D eigenvalue weighted by Gasteiger charge is -2.18. The maximum absolute atomic E-state index is 12.2. The van der Waals surface area contributed by atoms with E-state index in [2.05, 4.69) is 31.1 Å². The number of aromatic nitrogens is 1. The molecule has 1 aromatic heterocycles. The first-order valence-corrected chi connectivity index (χ1v) is 9.45. The molecule has 0 aliphatic carbocycles. The van der Waals surface area contributed by atoms with Crippen LogP contribution in [0.4, 0.5) is 0 Å². The Hall–Kier alpha value is -2.01. The highest BCUT2D eigenvalue weighted by molar-refractivity contribution is 7.09. The molecule has 0 atom stereocenters. The Morgan fingerprint density at radius 1 is 1.12 bits per heavy atom. The highest BCUT2D eigenvalue weighted by Gasteiger charge is 2.15. The summed E-state index contributed by atoms with van der Waals surface area (Å²) in [7, 11) is 0. The average molecular weight is 359 g/mol. The number of hydrogen-bond acceptors (Lipinski definition) is 4. The van der Waals surface area contributed by atoms with Crippen molar-refractivity contribution in [2.24, 2.45) is 0 Å². The molecule has 1 aromatic carbocycles. The Bertz CT molecular complexity index is 727. The minimum Gasteiger partial charge on any atom is -0.356 e. The molecule has 0 saturated carbocycles. The third-order valence-electron chi connectivity index (χ3n) is 4.02. The molecule has 2 rings (SSSR count). The van der Waals surface area contributed by atoms with Gasteiger partial charge in [-0.05, 0) is 17.9 Å². The first kappa shape index (κ1) is 19.3. The second-order valence-electron chi connectivity index (χ2n) is 7.21. The Morgan fingerprint density at radius 2 is 1.80 bits per heavy atom. The Labute approximate surface area is 153 Å². The van der Waals surface area contributed by atoms with Gasteiger partial charge in [0.2, 0.25) is 5.91 Å². The molecule has 1 N–H and O–H groups in total. The van der Waals surface area contributed by atoms with Gasteiger partial charge in [-0.25, -0.2) is 4.98 Å². The van der Waals surface area contributed by atoms with Gasteiger partial charge in [-0.2, -0.15) is 0 Å². The number of benzene rings is 1. The zero-order valence-electron chi connectivity index (χ0n) is 15.4. The number of ketones is 1. The summed E-state index contributed by atoms with van der Waals surface area (Å²) in [6.45, 7) is 8.94. The lowest BCUT2D eigenvalue weighted by atomic mass is 9.86. The van der Waals surface area contributed by atoms with Crippen molar-refractivity contribution in [1.82, 2.24) is 10.3 Å². The molecular weight excluding hydrogens is 332 g/mol. The highest BCUT2D eigenvalue weighted by atomic mass is 32.1. The molecule has 0 radical (unpaired) electrons. The van der Waals surface area contributed by atoms with Gasteiger partial charge < -0.3 is 5.32 Å². The topological polar surface area (TPSA) is 59.1 Å². The van der Waals surface area contributed by atoms with E-state index in [-0.39, 0.29) is 29.9 Å². The standard InChI is InChI=1S/C20H26N2O2S/c1-14-22-17(13-25-14)11-12-21-19(24)10-9-18(23)15-5-7-16(8-6-15)20(2,3)4/h5-8,13H,9-12H2,1-4H3,(H,21,24). The number of carbonyl (C=O) groups excluding carboxylic acids is 2. The number of thiazole rings is 1. The number of nitrogens with zero attached hydrogens (tertiary/aromatic N) is 1. The zero-order chi connectivity index (χ0) is 18.4. The lowest BCUT2D eigenvalue weighted by molar-refractivity contribution is -0.121. The van der Waals surface area contributed by atoms with Crippen LogP contribution in [-0.4, -0.2) is 23.2 Å². The number of carbonyl (C=O) groups is 2. The van der Waals surface area contributed by atoms with Crippen LogP contribution in [0, 0.1) is 6.92 Å². The monoisotopic (exact) mass is 358 g/mol. The van der Waals surface area contributed by atoms with Gasteiger partial charge in [-0.15, -0.1) is 11.3 Å². The van der Waals surface area contributed by atoms with E-state index >= 15 is 0 Å². The number of nitrogens with one attached hydrogen (secondary N) is 1. The van der Waals surface area contributed by atoms with Gasteiger partial charge in [0.05, 0.1) is 10.7 Å². The van der Waals surface area contributed by atoms with Crippen LogP contribution in [0.25, 0.3) is 0 Å². The van der Waals surface area contributed by atoms with Gasteiger partial charge in [0.25, 0.3) is 0 Å². The first-order valence-electron chi connectivity index (χ1n) is 8.57. The first-order chi connectivity index (χ1) is 11.8. The fourth-order valence-corrected chi connectivity index (χ4v) is 3.12. The van der Waals surface area contributed by atoms with E-state index in [0.717, 1.165) is 17.1 Å². The Morgan fingerprint density at radius 3 is 2.36 bits per heavy atom. The van der Waals surface area contributed by atoms with Crippen molar-refractivity contribution in [1.29, 1.82) is 0 Å². The number of rotatable bonds is 7. The predicted octanol–water partition coefficient (Wildman–Crippen LogP) is 4.07. The molecule has 0 fully saturated rings. The molecule has 0 saturated heterocycles. The average Bonchev–Trinajstić information content (AvgIpc) is 2.97. The van der Waals surface area contributed by atoms with Crippen LogP contribution < -0.4 is 5.32 Å². The minimum absolute atomic E-state index is 0.00531. The van der Waals surface area contributed by atoms with Gasteiger partial charge in [0.1, 0.15) is 0 Å². The molecule has 25 heavy (non-hydrogen) atoms. The maximum Gasteiger partial charge on any atom is 0.220 e. The third-order valence-corrected chi connectivity index (χ3v) is 4.84. The fraction of sp³-hybridized carbons (Fsp3) is 0.450. The van der Waals surface area contributed by atoms with E-state index in [9.17, 15) is 9.59 Å². The summed E-state index contributed by atoms with van der Waals surface area (Å²) in [6.07, 6.45) is 1.17. The van der Waals surface area contributed by atoms with Gasteiger partial charge in [0.15, 0.2) is 5.78 Å². The zero-order valence-corrected chi connectivity index (χ0v) is 16.2. The third kappa shape index (κ3) is 6.09. The van der Waals surface area contributed by atoms with Crippen molar-refractivity contribution in [3.63, 3.8) is 0 Å². The summed E-state index contributed by atoms with van der Waals surface area (Å²) < 4.78 is 0. The number of hydrogen-bond donors (Lipinski definition) is 1. The molecule has 4 nitrogen and oxygen atoms in total. The summed E-state index contributed by atoms with van der Waals surface area (Å²) in [6, 6.07) is 7.68.